The van der Waals surface area contributed by atoms with E-state index in [0.717, 1.165) is 0 Å². The number of ether oxygens (including phenoxy) is 1. The van der Waals surface area contributed by atoms with Crippen molar-refractivity contribution in [2.45, 2.75) is 26.1 Å². The first-order valence-corrected chi connectivity index (χ1v) is 5.62. The van der Waals surface area contributed by atoms with E-state index in [4.69, 9.17) is 11.6 Å². The minimum Gasteiger partial charge on any atom is -0.448 e. The highest BCUT2D eigenvalue weighted by Crippen LogP contribution is 2.36. The van der Waals surface area contributed by atoms with Gasteiger partial charge in [0.1, 0.15) is 0 Å². The van der Waals surface area contributed by atoms with Gasteiger partial charge in [-0.1, -0.05) is 37.6 Å². The molecule has 0 aliphatic rings. The van der Waals surface area contributed by atoms with E-state index in [2.05, 4.69) is 4.74 Å². The number of carbonyl (C=O) groups excluding carboxylic acids is 1. The Morgan fingerprint density at radius 1 is 1.22 bits per heavy atom. The van der Waals surface area contributed by atoms with Crippen molar-refractivity contribution in [3.63, 3.8) is 0 Å². The molecule has 0 unspecified atom stereocenters. The maximum absolute atomic E-state index is 12.8. The van der Waals surface area contributed by atoms with Gasteiger partial charge in [-0.15, -0.1) is 0 Å². The van der Waals surface area contributed by atoms with Gasteiger partial charge in [-0.05, 0) is 12.1 Å². The topological polar surface area (TPSA) is 26.3 Å². The van der Waals surface area contributed by atoms with Crippen molar-refractivity contribution in [2.24, 2.45) is 5.92 Å². The Hall–Kier alpha value is -1.23. The van der Waals surface area contributed by atoms with Crippen LogP contribution in [0.1, 0.15) is 25.5 Å². The number of esters is 1. The molecular weight excluding hydrogens is 269 g/mol. The minimum atomic E-state index is -4.65. The second-order valence-corrected chi connectivity index (χ2v) is 4.50. The van der Waals surface area contributed by atoms with Crippen molar-refractivity contribution >= 4 is 17.6 Å². The Labute approximate surface area is 108 Å². The van der Waals surface area contributed by atoms with Crippen LogP contribution in [0.4, 0.5) is 13.2 Å². The summed E-state index contributed by atoms with van der Waals surface area (Å²) >= 11 is 5.60. The Morgan fingerprint density at radius 3 is 2.11 bits per heavy atom. The summed E-state index contributed by atoms with van der Waals surface area (Å²) in [6.07, 6.45) is -6.91. The minimum absolute atomic E-state index is 0.152. The van der Waals surface area contributed by atoms with Gasteiger partial charge in [0.25, 0.3) is 0 Å². The molecule has 0 spiro atoms. The van der Waals surface area contributed by atoms with Crippen LogP contribution in [0, 0.1) is 5.92 Å². The molecule has 0 radical (unpaired) electrons. The Balaban J connectivity index is 2.99. The zero-order valence-corrected chi connectivity index (χ0v) is 10.5. The summed E-state index contributed by atoms with van der Waals surface area (Å²) in [5.41, 5.74) is -0.152. The third kappa shape index (κ3) is 3.91. The molecule has 0 amide bonds. The normalized spacial score (nSPS) is 13.5. The van der Waals surface area contributed by atoms with E-state index < -0.39 is 24.2 Å². The van der Waals surface area contributed by atoms with Gasteiger partial charge in [0.05, 0.1) is 5.92 Å². The number of hydrogen-bond donors (Lipinski definition) is 0. The van der Waals surface area contributed by atoms with Crippen LogP contribution in [-0.2, 0) is 9.53 Å². The van der Waals surface area contributed by atoms with Crippen molar-refractivity contribution in [1.82, 2.24) is 0 Å². The highest BCUT2D eigenvalue weighted by molar-refractivity contribution is 6.30. The molecule has 0 aromatic heterocycles. The van der Waals surface area contributed by atoms with Crippen LogP contribution in [-0.4, -0.2) is 12.1 Å². The molecule has 0 aliphatic carbocycles. The Morgan fingerprint density at radius 2 is 1.72 bits per heavy atom. The summed E-state index contributed by atoms with van der Waals surface area (Å²) in [6, 6.07) is 5.01. The van der Waals surface area contributed by atoms with Crippen molar-refractivity contribution in [2.75, 3.05) is 0 Å². The maximum Gasteiger partial charge on any atom is 0.429 e. The van der Waals surface area contributed by atoms with Crippen LogP contribution in [0.3, 0.4) is 0 Å². The monoisotopic (exact) mass is 280 g/mol. The first kappa shape index (κ1) is 14.8. The van der Waals surface area contributed by atoms with Gasteiger partial charge in [0.2, 0.25) is 6.10 Å². The molecule has 0 heterocycles. The second-order valence-electron chi connectivity index (χ2n) is 4.06. The lowest BCUT2D eigenvalue weighted by atomic mass is 10.1. The lowest BCUT2D eigenvalue weighted by Gasteiger charge is -2.22. The highest BCUT2D eigenvalue weighted by Gasteiger charge is 2.44. The van der Waals surface area contributed by atoms with E-state index in [1.165, 1.54) is 38.1 Å². The first-order chi connectivity index (χ1) is 8.21. The fourth-order valence-electron chi connectivity index (χ4n) is 1.21. The zero-order valence-electron chi connectivity index (χ0n) is 9.79. The highest BCUT2D eigenvalue weighted by atomic mass is 35.5. The summed E-state index contributed by atoms with van der Waals surface area (Å²) in [5, 5.41) is 0.315. The van der Waals surface area contributed by atoms with E-state index in [0.29, 0.717) is 5.02 Å². The van der Waals surface area contributed by atoms with Crippen LogP contribution in [0.15, 0.2) is 24.3 Å². The summed E-state index contributed by atoms with van der Waals surface area (Å²) in [4.78, 5) is 11.3. The van der Waals surface area contributed by atoms with Crippen LogP contribution < -0.4 is 0 Å². The van der Waals surface area contributed by atoms with Crippen molar-refractivity contribution in [3.8, 4) is 0 Å². The molecule has 0 fully saturated rings. The van der Waals surface area contributed by atoms with Gasteiger partial charge in [-0.2, -0.15) is 13.2 Å². The number of benzene rings is 1. The summed E-state index contributed by atoms with van der Waals surface area (Å²) in [5.74, 6) is -1.52. The lowest BCUT2D eigenvalue weighted by Crippen LogP contribution is -2.27. The molecule has 1 rings (SSSR count). The van der Waals surface area contributed by atoms with E-state index in [1.807, 2.05) is 0 Å². The third-order valence-corrected chi connectivity index (χ3v) is 2.43. The van der Waals surface area contributed by atoms with Gasteiger partial charge >= 0.3 is 12.1 Å². The van der Waals surface area contributed by atoms with E-state index in [9.17, 15) is 18.0 Å². The fourth-order valence-corrected chi connectivity index (χ4v) is 1.34. The van der Waals surface area contributed by atoms with Crippen LogP contribution in [0.5, 0.6) is 0 Å². The quantitative estimate of drug-likeness (QED) is 0.778. The zero-order chi connectivity index (χ0) is 13.9. The molecule has 0 bridgehead atoms. The fraction of sp³-hybridized carbons (Fsp3) is 0.417. The van der Waals surface area contributed by atoms with Crippen molar-refractivity contribution in [1.29, 1.82) is 0 Å². The number of carbonyl (C=O) groups is 1. The second kappa shape index (κ2) is 5.61. The molecular formula is C12H12ClF3O2. The maximum atomic E-state index is 12.8. The van der Waals surface area contributed by atoms with Gasteiger partial charge < -0.3 is 4.74 Å². The summed E-state index contributed by atoms with van der Waals surface area (Å²) in [7, 11) is 0. The lowest BCUT2D eigenvalue weighted by molar-refractivity contribution is -0.225. The molecule has 1 atom stereocenters. The van der Waals surface area contributed by atoms with E-state index in [-0.39, 0.29) is 5.56 Å². The Kier molecular flexibility index (Phi) is 4.62. The molecule has 2 nitrogen and oxygen atoms in total. The molecule has 100 valence electrons. The van der Waals surface area contributed by atoms with E-state index in [1.54, 1.807) is 0 Å². The smallest absolute Gasteiger partial charge is 0.429 e. The van der Waals surface area contributed by atoms with Gasteiger partial charge in [0.15, 0.2) is 0 Å². The number of alkyl halides is 3. The molecule has 1 aromatic carbocycles. The molecule has 0 saturated carbocycles. The van der Waals surface area contributed by atoms with Crippen molar-refractivity contribution in [3.05, 3.63) is 34.9 Å². The molecule has 0 aliphatic heterocycles. The SMILES string of the molecule is CC(C)C(=O)O[C@@H](c1ccc(Cl)cc1)C(F)(F)F. The van der Waals surface area contributed by atoms with Crippen LogP contribution >= 0.6 is 11.6 Å². The average molecular weight is 281 g/mol. The predicted molar refractivity (Wildman–Crippen MR) is 61.2 cm³/mol. The number of halogens is 4. The molecule has 0 saturated heterocycles. The van der Waals surface area contributed by atoms with Gasteiger partial charge in [-0.25, -0.2) is 0 Å². The molecule has 6 heteroatoms. The molecule has 18 heavy (non-hydrogen) atoms. The van der Waals surface area contributed by atoms with Gasteiger partial charge in [-0.3, -0.25) is 4.79 Å². The molecule has 1 aromatic rings. The summed E-state index contributed by atoms with van der Waals surface area (Å²) < 4.78 is 43.0. The predicted octanol–water partition coefficient (Wildman–Crippen LogP) is 4.14. The first-order valence-electron chi connectivity index (χ1n) is 5.24. The summed E-state index contributed by atoms with van der Waals surface area (Å²) in [6.45, 7) is 2.94. The van der Waals surface area contributed by atoms with Crippen LogP contribution in [0.2, 0.25) is 5.02 Å². The van der Waals surface area contributed by atoms with Crippen LogP contribution in [0.25, 0.3) is 0 Å². The number of hydrogen-bond acceptors (Lipinski definition) is 2. The number of rotatable bonds is 3. The average Bonchev–Trinajstić information content (AvgIpc) is 2.25. The third-order valence-electron chi connectivity index (χ3n) is 2.18. The van der Waals surface area contributed by atoms with E-state index >= 15 is 0 Å². The van der Waals surface area contributed by atoms with Gasteiger partial charge in [0, 0.05) is 10.6 Å². The van der Waals surface area contributed by atoms with Crippen molar-refractivity contribution < 1.29 is 22.7 Å². The molecule has 0 N–H and O–H groups in total. The largest absolute Gasteiger partial charge is 0.448 e. The Bertz CT molecular complexity index is 412. The standard InChI is InChI=1S/C12H12ClF3O2/c1-7(2)11(17)18-10(12(14,15)16)8-3-5-9(13)6-4-8/h3-7,10H,1-2H3/t10-/m0/s1.